The van der Waals surface area contributed by atoms with Crippen LogP contribution < -0.4 is 4.74 Å². The largest absolute Gasteiger partial charge is 0.496 e. The molecule has 1 aromatic carbocycles. The number of benzene rings is 1. The lowest BCUT2D eigenvalue weighted by atomic mass is 9.83. The smallest absolute Gasteiger partial charge is 0.313 e. The SMILES string of the molecule is COc1c(C)cccc1C(C)(C)C(=O)O. The quantitative estimate of drug-likeness (QED) is 0.829. The highest BCUT2D eigenvalue weighted by Gasteiger charge is 2.32. The summed E-state index contributed by atoms with van der Waals surface area (Å²) in [6, 6.07) is 5.54. The molecule has 0 atom stereocenters. The van der Waals surface area contributed by atoms with Gasteiger partial charge in [0.05, 0.1) is 12.5 Å². The van der Waals surface area contributed by atoms with Crippen molar-refractivity contribution >= 4 is 5.97 Å². The van der Waals surface area contributed by atoms with Crippen molar-refractivity contribution in [1.29, 1.82) is 0 Å². The lowest BCUT2D eigenvalue weighted by molar-refractivity contribution is -0.142. The Morgan fingerprint density at radius 2 is 2.00 bits per heavy atom. The van der Waals surface area contributed by atoms with Crippen molar-refractivity contribution in [1.82, 2.24) is 0 Å². The monoisotopic (exact) mass is 208 g/mol. The van der Waals surface area contributed by atoms with Crippen LogP contribution in [0.15, 0.2) is 18.2 Å². The zero-order chi connectivity index (χ0) is 11.6. The van der Waals surface area contributed by atoms with E-state index >= 15 is 0 Å². The van der Waals surface area contributed by atoms with E-state index in [0.717, 1.165) is 5.56 Å². The first-order valence-corrected chi connectivity index (χ1v) is 4.78. The number of methoxy groups -OCH3 is 1. The van der Waals surface area contributed by atoms with Gasteiger partial charge in [-0.15, -0.1) is 0 Å². The van der Waals surface area contributed by atoms with Gasteiger partial charge in [-0.2, -0.15) is 0 Å². The van der Waals surface area contributed by atoms with E-state index in [2.05, 4.69) is 0 Å². The van der Waals surface area contributed by atoms with Gasteiger partial charge in [0.15, 0.2) is 0 Å². The summed E-state index contributed by atoms with van der Waals surface area (Å²) in [5, 5.41) is 9.15. The molecule has 1 aromatic rings. The van der Waals surface area contributed by atoms with Crippen molar-refractivity contribution in [3.8, 4) is 5.75 Å². The molecule has 0 saturated carbocycles. The maximum absolute atomic E-state index is 11.1. The molecular formula is C12H16O3. The molecular weight excluding hydrogens is 192 g/mol. The zero-order valence-corrected chi connectivity index (χ0v) is 9.50. The van der Waals surface area contributed by atoms with E-state index in [1.165, 1.54) is 0 Å². The molecule has 0 fully saturated rings. The lowest BCUT2D eigenvalue weighted by Crippen LogP contribution is -2.29. The molecule has 15 heavy (non-hydrogen) atoms. The highest BCUT2D eigenvalue weighted by molar-refractivity contribution is 5.81. The maximum Gasteiger partial charge on any atom is 0.313 e. The Morgan fingerprint density at radius 1 is 1.40 bits per heavy atom. The summed E-state index contributed by atoms with van der Waals surface area (Å²) in [6.45, 7) is 5.25. The minimum atomic E-state index is -0.933. The number of carboxylic acid groups (broad SMARTS) is 1. The van der Waals surface area contributed by atoms with Gasteiger partial charge >= 0.3 is 5.97 Å². The number of para-hydroxylation sites is 1. The Labute approximate surface area is 89.7 Å². The minimum absolute atomic E-state index is 0.657. The van der Waals surface area contributed by atoms with Gasteiger partial charge in [0.25, 0.3) is 0 Å². The van der Waals surface area contributed by atoms with Gasteiger partial charge in [-0.3, -0.25) is 4.79 Å². The Balaban J connectivity index is 3.37. The van der Waals surface area contributed by atoms with Gasteiger partial charge in [0, 0.05) is 5.56 Å². The fourth-order valence-electron chi connectivity index (χ4n) is 1.53. The van der Waals surface area contributed by atoms with Crippen molar-refractivity contribution in [3.63, 3.8) is 0 Å². The van der Waals surface area contributed by atoms with Crippen LogP contribution in [-0.2, 0) is 10.2 Å². The van der Waals surface area contributed by atoms with E-state index in [1.54, 1.807) is 27.0 Å². The number of rotatable bonds is 3. The van der Waals surface area contributed by atoms with E-state index in [-0.39, 0.29) is 0 Å². The minimum Gasteiger partial charge on any atom is -0.496 e. The van der Waals surface area contributed by atoms with Crippen LogP contribution in [0.2, 0.25) is 0 Å². The number of ether oxygens (including phenoxy) is 1. The summed E-state index contributed by atoms with van der Waals surface area (Å²) in [6.07, 6.45) is 0. The molecule has 0 aliphatic heterocycles. The van der Waals surface area contributed by atoms with Crippen LogP contribution in [0.1, 0.15) is 25.0 Å². The second-order valence-electron chi connectivity index (χ2n) is 4.09. The molecule has 3 heteroatoms. The first kappa shape index (κ1) is 11.6. The summed E-state index contributed by atoms with van der Waals surface area (Å²) in [5.41, 5.74) is 0.721. The standard InChI is InChI=1S/C12H16O3/c1-8-6-5-7-9(10(8)15-4)12(2,3)11(13)14/h5-7H,1-4H3,(H,13,14). The second-order valence-corrected chi connectivity index (χ2v) is 4.09. The van der Waals surface area contributed by atoms with Crippen molar-refractivity contribution < 1.29 is 14.6 Å². The van der Waals surface area contributed by atoms with Gasteiger partial charge in [-0.05, 0) is 26.3 Å². The Bertz CT molecular complexity index is 380. The predicted octanol–water partition coefficient (Wildman–Crippen LogP) is 2.37. The number of hydrogen-bond donors (Lipinski definition) is 1. The summed E-state index contributed by atoms with van der Waals surface area (Å²) < 4.78 is 5.25. The second kappa shape index (κ2) is 3.93. The van der Waals surface area contributed by atoms with Gasteiger partial charge in [-0.1, -0.05) is 18.2 Å². The molecule has 0 saturated heterocycles. The first-order valence-electron chi connectivity index (χ1n) is 4.78. The third kappa shape index (κ3) is 1.96. The fourth-order valence-corrected chi connectivity index (χ4v) is 1.53. The lowest BCUT2D eigenvalue weighted by Gasteiger charge is -2.23. The van der Waals surface area contributed by atoms with Gasteiger partial charge in [0.1, 0.15) is 5.75 Å². The molecule has 1 N–H and O–H groups in total. The van der Waals surface area contributed by atoms with E-state index in [4.69, 9.17) is 9.84 Å². The Morgan fingerprint density at radius 3 is 2.47 bits per heavy atom. The first-order chi connectivity index (χ1) is 6.91. The van der Waals surface area contributed by atoms with E-state index in [9.17, 15) is 4.79 Å². The highest BCUT2D eigenvalue weighted by Crippen LogP contribution is 2.33. The van der Waals surface area contributed by atoms with Crippen molar-refractivity contribution in [2.45, 2.75) is 26.2 Å². The van der Waals surface area contributed by atoms with Crippen LogP contribution in [0.25, 0.3) is 0 Å². The molecule has 0 aromatic heterocycles. The molecule has 0 spiro atoms. The van der Waals surface area contributed by atoms with Crippen molar-refractivity contribution in [3.05, 3.63) is 29.3 Å². The third-order valence-corrected chi connectivity index (χ3v) is 2.62. The zero-order valence-electron chi connectivity index (χ0n) is 9.50. The average Bonchev–Trinajstić information content (AvgIpc) is 2.17. The number of aliphatic carboxylic acids is 1. The molecule has 3 nitrogen and oxygen atoms in total. The molecule has 1 rings (SSSR count). The summed E-state index contributed by atoms with van der Waals surface area (Å²) >= 11 is 0. The highest BCUT2D eigenvalue weighted by atomic mass is 16.5. The molecule has 0 aliphatic carbocycles. The fraction of sp³-hybridized carbons (Fsp3) is 0.417. The molecule has 0 heterocycles. The number of carbonyl (C=O) groups is 1. The third-order valence-electron chi connectivity index (χ3n) is 2.62. The molecule has 0 aliphatic rings. The van der Waals surface area contributed by atoms with Crippen molar-refractivity contribution in [2.75, 3.05) is 7.11 Å². The maximum atomic E-state index is 11.1. The number of hydrogen-bond acceptors (Lipinski definition) is 2. The number of aryl methyl sites for hydroxylation is 1. The Hall–Kier alpha value is -1.51. The topological polar surface area (TPSA) is 46.5 Å². The van der Waals surface area contributed by atoms with Crippen LogP contribution >= 0.6 is 0 Å². The predicted molar refractivity (Wildman–Crippen MR) is 58.4 cm³/mol. The molecule has 0 radical (unpaired) electrons. The van der Waals surface area contributed by atoms with E-state index < -0.39 is 11.4 Å². The van der Waals surface area contributed by atoms with Gasteiger partial charge in [-0.25, -0.2) is 0 Å². The summed E-state index contributed by atoms with van der Waals surface area (Å²) in [5.74, 6) is -0.198. The van der Waals surface area contributed by atoms with Crippen LogP contribution in [0.4, 0.5) is 0 Å². The van der Waals surface area contributed by atoms with Crippen LogP contribution in [-0.4, -0.2) is 18.2 Å². The summed E-state index contributed by atoms with van der Waals surface area (Å²) in [4.78, 5) is 11.1. The molecule has 0 amide bonds. The van der Waals surface area contributed by atoms with E-state index in [1.807, 2.05) is 19.1 Å². The van der Waals surface area contributed by atoms with Crippen LogP contribution in [0.5, 0.6) is 5.75 Å². The van der Waals surface area contributed by atoms with E-state index in [0.29, 0.717) is 11.3 Å². The summed E-state index contributed by atoms with van der Waals surface area (Å²) in [7, 11) is 1.56. The molecule has 0 bridgehead atoms. The molecule has 0 unspecified atom stereocenters. The van der Waals surface area contributed by atoms with Crippen molar-refractivity contribution in [2.24, 2.45) is 0 Å². The molecule has 82 valence electrons. The Kier molecular flexibility index (Phi) is 3.03. The van der Waals surface area contributed by atoms with Gasteiger partial charge < -0.3 is 9.84 Å². The van der Waals surface area contributed by atoms with Gasteiger partial charge in [0.2, 0.25) is 0 Å². The van der Waals surface area contributed by atoms with Crippen LogP contribution in [0, 0.1) is 6.92 Å². The normalized spacial score (nSPS) is 11.2. The van der Waals surface area contributed by atoms with Crippen LogP contribution in [0.3, 0.4) is 0 Å². The average molecular weight is 208 g/mol. The number of carboxylic acids is 1.